The standard InChI is InChI=1S/C18H29N3/c1-15(19)14-16-6-8-18(9-7-16)21-12-10-20(11-13-21)17-4-2-3-5-17/h6-9,15,17H,2-5,10-14,19H2,1H3. The van der Waals surface area contributed by atoms with Crippen LogP contribution in [0.1, 0.15) is 38.2 Å². The van der Waals surface area contributed by atoms with Gasteiger partial charge in [-0.05, 0) is 43.9 Å². The molecular weight excluding hydrogens is 258 g/mol. The Kier molecular flexibility index (Phi) is 4.81. The van der Waals surface area contributed by atoms with Crippen LogP contribution in [0.15, 0.2) is 24.3 Å². The molecule has 1 heterocycles. The van der Waals surface area contributed by atoms with Crippen LogP contribution in [0.25, 0.3) is 0 Å². The summed E-state index contributed by atoms with van der Waals surface area (Å²) in [5, 5.41) is 0. The number of hydrogen-bond acceptors (Lipinski definition) is 3. The molecule has 2 N–H and O–H groups in total. The second-order valence-corrected chi connectivity index (χ2v) is 6.81. The summed E-state index contributed by atoms with van der Waals surface area (Å²) in [7, 11) is 0. The van der Waals surface area contributed by atoms with Crippen molar-refractivity contribution in [2.45, 2.75) is 51.1 Å². The summed E-state index contributed by atoms with van der Waals surface area (Å²) in [5.74, 6) is 0. The van der Waals surface area contributed by atoms with Crippen molar-refractivity contribution in [2.75, 3.05) is 31.1 Å². The van der Waals surface area contributed by atoms with Gasteiger partial charge in [-0.1, -0.05) is 25.0 Å². The topological polar surface area (TPSA) is 32.5 Å². The average Bonchev–Trinajstić information content (AvgIpc) is 3.02. The number of piperazine rings is 1. The van der Waals surface area contributed by atoms with Crippen LogP contribution >= 0.6 is 0 Å². The third-order valence-corrected chi connectivity index (χ3v) is 5.01. The number of hydrogen-bond donors (Lipinski definition) is 1. The Morgan fingerprint density at radius 1 is 1.05 bits per heavy atom. The molecule has 0 radical (unpaired) electrons. The Labute approximate surface area is 129 Å². The van der Waals surface area contributed by atoms with Crippen LogP contribution in [0.4, 0.5) is 5.69 Å². The first-order valence-corrected chi connectivity index (χ1v) is 8.56. The van der Waals surface area contributed by atoms with Crippen molar-refractivity contribution in [3.8, 4) is 0 Å². The lowest BCUT2D eigenvalue weighted by atomic mass is 10.1. The summed E-state index contributed by atoms with van der Waals surface area (Å²) in [4.78, 5) is 5.25. The molecule has 2 aliphatic rings. The Morgan fingerprint density at radius 3 is 2.24 bits per heavy atom. The van der Waals surface area contributed by atoms with Crippen molar-refractivity contribution in [2.24, 2.45) is 5.73 Å². The molecular formula is C18H29N3. The predicted octanol–water partition coefficient (Wildman–Crippen LogP) is 2.64. The van der Waals surface area contributed by atoms with Gasteiger partial charge in [-0.25, -0.2) is 0 Å². The van der Waals surface area contributed by atoms with Crippen molar-refractivity contribution >= 4 is 5.69 Å². The molecule has 0 aromatic heterocycles. The Balaban J connectivity index is 1.54. The van der Waals surface area contributed by atoms with E-state index in [9.17, 15) is 0 Å². The Morgan fingerprint density at radius 2 is 1.67 bits per heavy atom. The number of benzene rings is 1. The van der Waals surface area contributed by atoms with Gasteiger partial charge in [-0.15, -0.1) is 0 Å². The molecule has 116 valence electrons. The predicted molar refractivity (Wildman–Crippen MR) is 89.8 cm³/mol. The molecule has 1 aromatic carbocycles. The lowest BCUT2D eigenvalue weighted by Crippen LogP contribution is -2.49. The average molecular weight is 287 g/mol. The number of nitrogens with zero attached hydrogens (tertiary/aromatic N) is 2. The molecule has 1 saturated heterocycles. The highest BCUT2D eigenvalue weighted by Crippen LogP contribution is 2.25. The minimum Gasteiger partial charge on any atom is -0.369 e. The fraction of sp³-hybridized carbons (Fsp3) is 0.667. The maximum atomic E-state index is 5.86. The molecule has 1 saturated carbocycles. The van der Waals surface area contributed by atoms with Crippen molar-refractivity contribution in [3.05, 3.63) is 29.8 Å². The molecule has 2 fully saturated rings. The third kappa shape index (κ3) is 3.78. The molecule has 1 unspecified atom stereocenters. The fourth-order valence-electron chi connectivity index (χ4n) is 3.83. The van der Waals surface area contributed by atoms with Crippen LogP contribution < -0.4 is 10.6 Å². The molecule has 1 aromatic rings. The minimum atomic E-state index is 0.241. The van der Waals surface area contributed by atoms with E-state index in [0.29, 0.717) is 0 Å². The van der Waals surface area contributed by atoms with E-state index in [-0.39, 0.29) is 6.04 Å². The highest BCUT2D eigenvalue weighted by Gasteiger charge is 2.26. The normalized spacial score (nSPS) is 22.7. The van der Waals surface area contributed by atoms with Crippen molar-refractivity contribution in [1.82, 2.24) is 4.90 Å². The molecule has 3 rings (SSSR count). The molecule has 3 nitrogen and oxygen atoms in total. The maximum Gasteiger partial charge on any atom is 0.0367 e. The van der Waals surface area contributed by atoms with Gasteiger partial charge in [0.15, 0.2) is 0 Å². The van der Waals surface area contributed by atoms with Crippen molar-refractivity contribution in [1.29, 1.82) is 0 Å². The largest absolute Gasteiger partial charge is 0.369 e. The summed E-state index contributed by atoms with van der Waals surface area (Å²) < 4.78 is 0. The summed E-state index contributed by atoms with van der Waals surface area (Å²) in [6.07, 6.45) is 6.69. The smallest absolute Gasteiger partial charge is 0.0367 e. The fourth-order valence-corrected chi connectivity index (χ4v) is 3.83. The van der Waals surface area contributed by atoms with Crippen LogP contribution in [-0.4, -0.2) is 43.2 Å². The second kappa shape index (κ2) is 6.80. The van der Waals surface area contributed by atoms with E-state index in [1.807, 2.05) is 0 Å². The zero-order valence-corrected chi connectivity index (χ0v) is 13.3. The van der Waals surface area contributed by atoms with Gasteiger partial charge in [0.25, 0.3) is 0 Å². The molecule has 1 aliphatic heterocycles. The van der Waals surface area contributed by atoms with Gasteiger partial charge in [0.2, 0.25) is 0 Å². The van der Waals surface area contributed by atoms with E-state index < -0.39 is 0 Å². The monoisotopic (exact) mass is 287 g/mol. The first kappa shape index (κ1) is 14.9. The summed E-state index contributed by atoms with van der Waals surface area (Å²) in [6, 6.07) is 10.1. The van der Waals surface area contributed by atoms with E-state index in [0.717, 1.165) is 12.5 Å². The van der Waals surface area contributed by atoms with Gasteiger partial charge in [0.1, 0.15) is 0 Å². The van der Waals surface area contributed by atoms with Crippen LogP contribution in [0, 0.1) is 0 Å². The van der Waals surface area contributed by atoms with Gasteiger partial charge < -0.3 is 10.6 Å². The molecule has 0 spiro atoms. The van der Waals surface area contributed by atoms with E-state index in [1.54, 1.807) is 0 Å². The molecule has 3 heteroatoms. The summed E-state index contributed by atoms with van der Waals surface area (Å²) >= 11 is 0. The lowest BCUT2D eigenvalue weighted by molar-refractivity contribution is 0.187. The second-order valence-electron chi connectivity index (χ2n) is 6.81. The molecule has 0 bridgehead atoms. The first-order valence-electron chi connectivity index (χ1n) is 8.56. The number of rotatable bonds is 4. The summed E-state index contributed by atoms with van der Waals surface area (Å²) in [6.45, 7) is 6.86. The SMILES string of the molecule is CC(N)Cc1ccc(N2CCN(C3CCCC3)CC2)cc1. The lowest BCUT2D eigenvalue weighted by Gasteiger charge is -2.39. The molecule has 0 amide bonds. The zero-order valence-electron chi connectivity index (χ0n) is 13.3. The number of nitrogens with two attached hydrogens (primary N) is 1. The maximum absolute atomic E-state index is 5.86. The van der Waals surface area contributed by atoms with Gasteiger partial charge in [-0.2, -0.15) is 0 Å². The van der Waals surface area contributed by atoms with Gasteiger partial charge in [0, 0.05) is 44.0 Å². The molecule has 1 aliphatic carbocycles. The highest BCUT2D eigenvalue weighted by atomic mass is 15.3. The number of anilines is 1. The molecule has 21 heavy (non-hydrogen) atoms. The van der Waals surface area contributed by atoms with Crippen LogP contribution in [0.5, 0.6) is 0 Å². The quantitative estimate of drug-likeness (QED) is 0.924. The highest BCUT2D eigenvalue weighted by molar-refractivity contribution is 5.48. The molecule has 1 atom stereocenters. The van der Waals surface area contributed by atoms with Gasteiger partial charge in [0.05, 0.1) is 0 Å². The minimum absolute atomic E-state index is 0.241. The van der Waals surface area contributed by atoms with E-state index >= 15 is 0 Å². The van der Waals surface area contributed by atoms with Crippen molar-refractivity contribution in [3.63, 3.8) is 0 Å². The van der Waals surface area contributed by atoms with E-state index in [2.05, 4.69) is 41.0 Å². The van der Waals surface area contributed by atoms with E-state index in [1.165, 1.54) is 63.1 Å². The van der Waals surface area contributed by atoms with Crippen LogP contribution in [-0.2, 0) is 6.42 Å². The summed E-state index contributed by atoms with van der Waals surface area (Å²) in [5.41, 5.74) is 8.58. The zero-order chi connectivity index (χ0) is 14.7. The van der Waals surface area contributed by atoms with Crippen molar-refractivity contribution < 1.29 is 0 Å². The van der Waals surface area contributed by atoms with Gasteiger partial charge in [-0.3, -0.25) is 4.90 Å². The Bertz CT molecular complexity index is 426. The van der Waals surface area contributed by atoms with Crippen LogP contribution in [0.3, 0.4) is 0 Å². The third-order valence-electron chi connectivity index (χ3n) is 5.01. The first-order chi connectivity index (χ1) is 10.2. The van der Waals surface area contributed by atoms with E-state index in [4.69, 9.17) is 5.73 Å². The van der Waals surface area contributed by atoms with Crippen LogP contribution in [0.2, 0.25) is 0 Å². The Hall–Kier alpha value is -1.06. The van der Waals surface area contributed by atoms with Gasteiger partial charge >= 0.3 is 0 Å².